The molecule has 2 amide bonds. The Morgan fingerprint density at radius 3 is 2.89 bits per heavy atom. The van der Waals surface area contributed by atoms with Gasteiger partial charge in [-0.1, -0.05) is 0 Å². The fourth-order valence-corrected chi connectivity index (χ4v) is 4.22. The van der Waals surface area contributed by atoms with E-state index >= 15 is 0 Å². The van der Waals surface area contributed by atoms with Gasteiger partial charge in [0.15, 0.2) is 0 Å². The van der Waals surface area contributed by atoms with Gasteiger partial charge < -0.3 is 19.3 Å². The molecule has 0 bridgehead atoms. The SMILES string of the molecule is CO[C@@H]1C[C@H]1C(=O)N1CC(CC(=O)N(C)Cc2cn[nH]c2)OCC12CCC2. The highest BCUT2D eigenvalue weighted by Gasteiger charge is 2.54. The first-order valence-electron chi connectivity index (χ1n) is 9.70. The zero-order valence-corrected chi connectivity index (χ0v) is 16.0. The Labute approximate surface area is 159 Å². The summed E-state index contributed by atoms with van der Waals surface area (Å²) in [6.07, 6.45) is 7.49. The second-order valence-electron chi connectivity index (χ2n) is 8.14. The number of methoxy groups -OCH3 is 1. The number of nitrogens with zero attached hydrogens (tertiary/aromatic N) is 3. The van der Waals surface area contributed by atoms with Crippen LogP contribution >= 0.6 is 0 Å². The van der Waals surface area contributed by atoms with Crippen molar-refractivity contribution in [3.8, 4) is 0 Å². The minimum absolute atomic E-state index is 0.0133. The second-order valence-corrected chi connectivity index (χ2v) is 8.14. The lowest BCUT2D eigenvalue weighted by molar-refractivity contribution is -0.175. The Hall–Kier alpha value is -1.93. The lowest BCUT2D eigenvalue weighted by atomic mass is 9.74. The highest BCUT2D eigenvalue weighted by atomic mass is 16.5. The topological polar surface area (TPSA) is 87.8 Å². The van der Waals surface area contributed by atoms with Crippen LogP contribution in [0.4, 0.5) is 0 Å². The van der Waals surface area contributed by atoms with Gasteiger partial charge in [0.1, 0.15) is 0 Å². The fraction of sp³-hybridized carbons (Fsp3) is 0.737. The van der Waals surface area contributed by atoms with Crippen LogP contribution in [0.15, 0.2) is 12.4 Å². The molecule has 8 heteroatoms. The van der Waals surface area contributed by atoms with E-state index in [9.17, 15) is 9.59 Å². The number of amides is 2. The Balaban J connectivity index is 1.36. The van der Waals surface area contributed by atoms with Crippen LogP contribution in [0, 0.1) is 5.92 Å². The number of carbonyl (C=O) groups excluding carboxylic acids is 2. The molecule has 148 valence electrons. The molecule has 1 unspecified atom stereocenters. The average Bonchev–Trinajstić information content (AvgIpc) is 3.26. The zero-order valence-electron chi connectivity index (χ0n) is 16.0. The van der Waals surface area contributed by atoms with Gasteiger partial charge in [0.05, 0.1) is 42.9 Å². The first kappa shape index (κ1) is 18.4. The molecular weight excluding hydrogens is 348 g/mol. The van der Waals surface area contributed by atoms with E-state index in [2.05, 4.69) is 10.2 Å². The zero-order chi connectivity index (χ0) is 19.0. The first-order valence-corrected chi connectivity index (χ1v) is 9.70. The van der Waals surface area contributed by atoms with Crippen LogP contribution in [-0.2, 0) is 25.6 Å². The molecule has 1 saturated heterocycles. The summed E-state index contributed by atoms with van der Waals surface area (Å²) < 4.78 is 11.4. The molecule has 8 nitrogen and oxygen atoms in total. The molecule has 27 heavy (non-hydrogen) atoms. The quantitative estimate of drug-likeness (QED) is 0.798. The summed E-state index contributed by atoms with van der Waals surface area (Å²) in [7, 11) is 3.44. The molecule has 2 aliphatic carbocycles. The number of ether oxygens (including phenoxy) is 2. The normalized spacial score (nSPS) is 28.7. The number of hydrogen-bond acceptors (Lipinski definition) is 5. The van der Waals surface area contributed by atoms with Crippen molar-refractivity contribution >= 4 is 11.8 Å². The molecule has 2 saturated carbocycles. The van der Waals surface area contributed by atoms with E-state index in [-0.39, 0.29) is 41.9 Å². The molecule has 2 heterocycles. The number of hydrogen-bond donors (Lipinski definition) is 1. The second kappa shape index (κ2) is 7.24. The molecule has 1 aromatic rings. The Bertz CT molecular complexity index is 688. The summed E-state index contributed by atoms with van der Waals surface area (Å²) in [6, 6.07) is 0. The summed E-state index contributed by atoms with van der Waals surface area (Å²) in [6.45, 7) is 1.54. The van der Waals surface area contributed by atoms with Gasteiger partial charge in [-0.25, -0.2) is 0 Å². The van der Waals surface area contributed by atoms with Crippen molar-refractivity contribution in [2.45, 2.75) is 56.4 Å². The number of H-pyrrole nitrogens is 1. The van der Waals surface area contributed by atoms with Gasteiger partial charge in [0, 0.05) is 39.0 Å². The molecule has 0 radical (unpaired) electrons. The highest BCUT2D eigenvalue weighted by Crippen LogP contribution is 2.45. The third-order valence-electron chi connectivity index (χ3n) is 6.25. The van der Waals surface area contributed by atoms with Crippen molar-refractivity contribution in [3.63, 3.8) is 0 Å². The summed E-state index contributed by atoms with van der Waals surface area (Å²) in [5, 5.41) is 6.66. The Morgan fingerprint density at radius 1 is 1.48 bits per heavy atom. The van der Waals surface area contributed by atoms with Crippen molar-refractivity contribution in [2.75, 3.05) is 27.3 Å². The molecule has 1 aromatic heterocycles. The average molecular weight is 376 g/mol. The summed E-state index contributed by atoms with van der Waals surface area (Å²) in [5.74, 6) is 0.166. The maximum absolute atomic E-state index is 13.0. The lowest BCUT2D eigenvalue weighted by Gasteiger charge is -2.54. The van der Waals surface area contributed by atoms with Crippen molar-refractivity contribution in [1.82, 2.24) is 20.0 Å². The van der Waals surface area contributed by atoms with E-state index in [4.69, 9.17) is 9.47 Å². The Morgan fingerprint density at radius 2 is 2.30 bits per heavy atom. The number of aromatic nitrogens is 2. The lowest BCUT2D eigenvalue weighted by Crippen LogP contribution is -2.65. The number of carbonyl (C=O) groups is 2. The van der Waals surface area contributed by atoms with Gasteiger partial charge in [0.25, 0.3) is 0 Å². The summed E-state index contributed by atoms with van der Waals surface area (Å²) >= 11 is 0. The standard InChI is InChI=1S/C19H28N4O4/c1-22(10-13-8-20-21-9-13)17(24)6-14-11-23(18(25)15-7-16(15)26-2)19(12-27-14)4-3-5-19/h8-9,14-16H,3-7,10-12H2,1-2H3,(H,20,21)/t14?,15-,16-/m1/s1. The van der Waals surface area contributed by atoms with Gasteiger partial charge in [0.2, 0.25) is 11.8 Å². The van der Waals surface area contributed by atoms with Gasteiger partial charge in [-0.15, -0.1) is 0 Å². The van der Waals surface area contributed by atoms with Crippen LogP contribution in [-0.4, -0.2) is 76.9 Å². The van der Waals surface area contributed by atoms with Crippen LogP contribution in [0.25, 0.3) is 0 Å². The maximum atomic E-state index is 13.0. The minimum Gasteiger partial charge on any atom is -0.381 e. The highest BCUT2D eigenvalue weighted by molar-refractivity contribution is 5.83. The molecular formula is C19H28N4O4. The van der Waals surface area contributed by atoms with Crippen LogP contribution < -0.4 is 0 Å². The van der Waals surface area contributed by atoms with Crippen LogP contribution in [0.1, 0.15) is 37.7 Å². The van der Waals surface area contributed by atoms with E-state index in [1.165, 1.54) is 0 Å². The molecule has 1 N–H and O–H groups in total. The van der Waals surface area contributed by atoms with E-state index in [0.29, 0.717) is 19.7 Å². The number of rotatable bonds is 6. The van der Waals surface area contributed by atoms with Crippen molar-refractivity contribution in [3.05, 3.63) is 18.0 Å². The predicted molar refractivity (Wildman–Crippen MR) is 96.6 cm³/mol. The van der Waals surface area contributed by atoms with Gasteiger partial charge in [-0.05, 0) is 25.7 Å². The largest absolute Gasteiger partial charge is 0.381 e. The van der Waals surface area contributed by atoms with Gasteiger partial charge in [-0.3, -0.25) is 14.7 Å². The number of aromatic amines is 1. The van der Waals surface area contributed by atoms with Gasteiger partial charge >= 0.3 is 0 Å². The van der Waals surface area contributed by atoms with Crippen molar-refractivity contribution in [1.29, 1.82) is 0 Å². The smallest absolute Gasteiger partial charge is 0.229 e. The fourth-order valence-electron chi connectivity index (χ4n) is 4.22. The van der Waals surface area contributed by atoms with Crippen LogP contribution in [0.5, 0.6) is 0 Å². The third kappa shape index (κ3) is 3.60. The maximum Gasteiger partial charge on any atom is 0.229 e. The summed E-state index contributed by atoms with van der Waals surface area (Å²) in [4.78, 5) is 29.3. The van der Waals surface area contributed by atoms with Crippen LogP contribution in [0.2, 0.25) is 0 Å². The molecule has 1 spiro atoms. The Kier molecular flexibility index (Phi) is 4.94. The molecule has 0 aromatic carbocycles. The van der Waals surface area contributed by atoms with Gasteiger partial charge in [-0.2, -0.15) is 5.10 Å². The summed E-state index contributed by atoms with van der Waals surface area (Å²) in [5.41, 5.74) is 0.806. The third-order valence-corrected chi connectivity index (χ3v) is 6.25. The molecule has 4 rings (SSSR count). The van der Waals surface area contributed by atoms with Crippen LogP contribution in [0.3, 0.4) is 0 Å². The molecule has 3 aliphatic rings. The van der Waals surface area contributed by atoms with E-state index < -0.39 is 0 Å². The van der Waals surface area contributed by atoms with Crippen molar-refractivity contribution in [2.24, 2.45) is 5.92 Å². The van der Waals surface area contributed by atoms with E-state index in [1.807, 2.05) is 4.90 Å². The van der Waals surface area contributed by atoms with Crippen molar-refractivity contribution < 1.29 is 19.1 Å². The molecule has 1 aliphatic heterocycles. The number of nitrogens with one attached hydrogen (secondary N) is 1. The first-order chi connectivity index (χ1) is 13.0. The minimum atomic E-state index is -0.251. The molecule has 3 fully saturated rings. The molecule has 3 atom stereocenters. The van der Waals surface area contributed by atoms with E-state index in [0.717, 1.165) is 31.2 Å². The number of morpholine rings is 1. The predicted octanol–water partition coefficient (Wildman–Crippen LogP) is 0.943. The van der Waals surface area contributed by atoms with E-state index in [1.54, 1.807) is 31.5 Å². The monoisotopic (exact) mass is 376 g/mol.